The SMILES string of the molecule is O=C(O)Cn1ccc([C@H]2CCCN(Cc3ccc(OC(F)F)cc3)C2)n1. The fourth-order valence-electron chi connectivity index (χ4n) is 3.30. The zero-order chi connectivity index (χ0) is 18.5. The highest BCUT2D eigenvalue weighted by atomic mass is 19.3. The Morgan fingerprint density at radius 3 is 2.77 bits per heavy atom. The molecule has 1 aliphatic heterocycles. The van der Waals surface area contributed by atoms with Crippen molar-refractivity contribution in [3.05, 3.63) is 47.8 Å². The van der Waals surface area contributed by atoms with Crippen LogP contribution >= 0.6 is 0 Å². The number of carbonyl (C=O) groups is 1. The summed E-state index contributed by atoms with van der Waals surface area (Å²) in [4.78, 5) is 13.1. The number of piperidine rings is 1. The summed E-state index contributed by atoms with van der Waals surface area (Å²) in [6.45, 7) is -0.434. The number of carboxylic acid groups (broad SMARTS) is 1. The Kier molecular flexibility index (Phi) is 5.82. The van der Waals surface area contributed by atoms with Gasteiger partial charge in [0, 0.05) is 25.2 Å². The van der Waals surface area contributed by atoms with E-state index in [1.165, 1.54) is 4.68 Å². The van der Waals surface area contributed by atoms with Gasteiger partial charge in [0.2, 0.25) is 0 Å². The summed E-state index contributed by atoms with van der Waals surface area (Å²) in [6.07, 6.45) is 3.74. The van der Waals surface area contributed by atoms with E-state index in [1.807, 2.05) is 6.07 Å². The van der Waals surface area contributed by atoms with Crippen LogP contribution in [0.4, 0.5) is 8.78 Å². The van der Waals surface area contributed by atoms with Crippen molar-refractivity contribution in [2.24, 2.45) is 0 Å². The number of likely N-dealkylation sites (tertiary alicyclic amines) is 1. The van der Waals surface area contributed by atoms with E-state index < -0.39 is 12.6 Å². The molecule has 0 bridgehead atoms. The first kappa shape index (κ1) is 18.3. The van der Waals surface area contributed by atoms with Crippen molar-refractivity contribution in [3.8, 4) is 5.75 Å². The van der Waals surface area contributed by atoms with Gasteiger partial charge in [-0.15, -0.1) is 0 Å². The van der Waals surface area contributed by atoms with Crippen molar-refractivity contribution in [2.45, 2.75) is 38.5 Å². The third-order valence-electron chi connectivity index (χ3n) is 4.44. The minimum Gasteiger partial charge on any atom is -0.480 e. The van der Waals surface area contributed by atoms with E-state index in [2.05, 4.69) is 14.7 Å². The number of aromatic nitrogens is 2. The number of aliphatic carboxylic acids is 1. The molecule has 26 heavy (non-hydrogen) atoms. The minimum atomic E-state index is -2.82. The second-order valence-corrected chi connectivity index (χ2v) is 6.43. The number of hydrogen-bond acceptors (Lipinski definition) is 4. The largest absolute Gasteiger partial charge is 0.480 e. The molecule has 0 aliphatic carbocycles. The van der Waals surface area contributed by atoms with Crippen LogP contribution in [0.15, 0.2) is 36.5 Å². The van der Waals surface area contributed by atoms with Gasteiger partial charge in [0.1, 0.15) is 12.3 Å². The Labute approximate surface area is 150 Å². The summed E-state index contributed by atoms with van der Waals surface area (Å²) in [5.74, 6) is -0.492. The summed E-state index contributed by atoms with van der Waals surface area (Å²) in [5, 5.41) is 13.2. The van der Waals surface area contributed by atoms with Gasteiger partial charge in [0.15, 0.2) is 0 Å². The van der Waals surface area contributed by atoms with Gasteiger partial charge in [-0.3, -0.25) is 14.4 Å². The highest BCUT2D eigenvalue weighted by Crippen LogP contribution is 2.27. The number of carboxylic acids is 1. The first-order chi connectivity index (χ1) is 12.5. The van der Waals surface area contributed by atoms with Crippen LogP contribution in [-0.4, -0.2) is 45.5 Å². The lowest BCUT2D eigenvalue weighted by Crippen LogP contribution is -2.34. The summed E-state index contributed by atoms with van der Waals surface area (Å²) in [5.41, 5.74) is 1.94. The van der Waals surface area contributed by atoms with Gasteiger partial charge in [0.05, 0.1) is 5.69 Å². The number of hydrogen-bond donors (Lipinski definition) is 1. The summed E-state index contributed by atoms with van der Waals surface area (Å²) in [6, 6.07) is 8.58. The van der Waals surface area contributed by atoms with Gasteiger partial charge < -0.3 is 9.84 Å². The molecule has 1 fully saturated rings. The first-order valence-corrected chi connectivity index (χ1v) is 8.51. The van der Waals surface area contributed by atoms with E-state index in [0.29, 0.717) is 0 Å². The van der Waals surface area contributed by atoms with Gasteiger partial charge >= 0.3 is 12.6 Å². The normalized spacial score (nSPS) is 18.2. The highest BCUT2D eigenvalue weighted by Gasteiger charge is 2.23. The van der Waals surface area contributed by atoms with Crippen LogP contribution < -0.4 is 4.74 Å². The Morgan fingerprint density at radius 2 is 2.08 bits per heavy atom. The number of benzene rings is 1. The smallest absolute Gasteiger partial charge is 0.387 e. The maximum atomic E-state index is 12.2. The Bertz CT molecular complexity index is 734. The van der Waals surface area contributed by atoms with Gasteiger partial charge in [0.25, 0.3) is 0 Å². The summed E-state index contributed by atoms with van der Waals surface area (Å²) in [7, 11) is 0. The average Bonchev–Trinajstić information content (AvgIpc) is 3.04. The number of halogens is 2. The molecular formula is C18H21F2N3O3. The van der Waals surface area contributed by atoms with Gasteiger partial charge in [-0.1, -0.05) is 12.1 Å². The molecule has 1 aliphatic rings. The lowest BCUT2D eigenvalue weighted by molar-refractivity contribution is -0.137. The molecule has 0 spiro atoms. The Morgan fingerprint density at radius 1 is 1.31 bits per heavy atom. The molecule has 8 heteroatoms. The molecule has 2 heterocycles. The average molecular weight is 365 g/mol. The second kappa shape index (κ2) is 8.27. The second-order valence-electron chi connectivity index (χ2n) is 6.43. The van der Waals surface area contributed by atoms with Crippen molar-refractivity contribution in [1.82, 2.24) is 14.7 Å². The lowest BCUT2D eigenvalue weighted by Gasteiger charge is -2.32. The molecule has 3 rings (SSSR count). The van der Waals surface area contributed by atoms with Gasteiger partial charge in [-0.2, -0.15) is 13.9 Å². The van der Waals surface area contributed by atoms with Gasteiger partial charge in [-0.25, -0.2) is 0 Å². The fraction of sp³-hybridized carbons (Fsp3) is 0.444. The molecule has 1 aromatic heterocycles. The standard InChI is InChI=1S/C18H21F2N3O3/c19-18(20)26-15-5-3-13(4-6-15)10-22-8-1-2-14(11-22)16-7-9-23(21-16)12-17(24)25/h3-7,9,14,18H,1-2,8,10-12H2,(H,24,25)/t14-/m0/s1. The van der Waals surface area contributed by atoms with Gasteiger partial charge in [-0.05, 0) is 43.1 Å². The van der Waals surface area contributed by atoms with Crippen molar-refractivity contribution in [2.75, 3.05) is 13.1 Å². The first-order valence-electron chi connectivity index (χ1n) is 8.51. The zero-order valence-electron chi connectivity index (χ0n) is 14.2. The fourth-order valence-corrected chi connectivity index (χ4v) is 3.30. The molecule has 1 atom stereocenters. The Hall–Kier alpha value is -2.48. The summed E-state index contributed by atoms with van der Waals surface area (Å²) < 4.78 is 30.2. The van der Waals surface area contributed by atoms with Crippen molar-refractivity contribution < 1.29 is 23.4 Å². The number of rotatable bonds is 7. The van der Waals surface area contributed by atoms with E-state index in [4.69, 9.17) is 5.11 Å². The molecule has 0 saturated carbocycles. The molecule has 1 aromatic carbocycles. The third-order valence-corrected chi connectivity index (χ3v) is 4.44. The number of nitrogens with zero attached hydrogens (tertiary/aromatic N) is 3. The van der Waals surface area contributed by atoms with E-state index in [9.17, 15) is 13.6 Å². The molecule has 0 unspecified atom stereocenters. The molecule has 1 N–H and O–H groups in total. The quantitative estimate of drug-likeness (QED) is 0.817. The van der Waals surface area contributed by atoms with Crippen molar-refractivity contribution in [1.29, 1.82) is 0 Å². The van der Waals surface area contributed by atoms with Crippen LogP contribution in [0.1, 0.15) is 30.0 Å². The maximum Gasteiger partial charge on any atom is 0.387 e. The molecule has 140 valence electrons. The monoisotopic (exact) mass is 365 g/mol. The van der Waals surface area contributed by atoms with E-state index in [-0.39, 0.29) is 18.2 Å². The molecule has 0 radical (unpaired) electrons. The van der Waals surface area contributed by atoms with Crippen LogP contribution in [0.25, 0.3) is 0 Å². The predicted molar refractivity (Wildman–Crippen MR) is 90.2 cm³/mol. The molecule has 1 saturated heterocycles. The lowest BCUT2D eigenvalue weighted by atomic mass is 9.94. The van der Waals surface area contributed by atoms with Crippen molar-refractivity contribution >= 4 is 5.97 Å². The maximum absolute atomic E-state index is 12.2. The van der Waals surface area contributed by atoms with Crippen molar-refractivity contribution in [3.63, 3.8) is 0 Å². The van der Waals surface area contributed by atoms with E-state index in [1.54, 1.807) is 30.5 Å². The number of ether oxygens (including phenoxy) is 1. The van der Waals surface area contributed by atoms with E-state index >= 15 is 0 Å². The summed E-state index contributed by atoms with van der Waals surface area (Å²) >= 11 is 0. The highest BCUT2D eigenvalue weighted by molar-refractivity contribution is 5.66. The topological polar surface area (TPSA) is 67.6 Å². The molecule has 6 nitrogen and oxygen atoms in total. The van der Waals surface area contributed by atoms with Crippen LogP contribution in [-0.2, 0) is 17.9 Å². The Balaban J connectivity index is 1.58. The minimum absolute atomic E-state index is 0.135. The molecule has 0 amide bonds. The number of alkyl halides is 2. The predicted octanol–water partition coefficient (Wildman–Crippen LogP) is 2.95. The third kappa shape index (κ3) is 5.01. The van der Waals surface area contributed by atoms with E-state index in [0.717, 1.165) is 43.7 Å². The zero-order valence-corrected chi connectivity index (χ0v) is 14.2. The van der Waals surface area contributed by atoms with Crippen LogP contribution in [0, 0.1) is 0 Å². The molecule has 2 aromatic rings. The molecular weight excluding hydrogens is 344 g/mol. The van der Waals surface area contributed by atoms with Crippen LogP contribution in [0.3, 0.4) is 0 Å². The van der Waals surface area contributed by atoms with Crippen LogP contribution in [0.2, 0.25) is 0 Å². The van der Waals surface area contributed by atoms with Crippen LogP contribution in [0.5, 0.6) is 5.75 Å².